The van der Waals surface area contributed by atoms with Crippen molar-refractivity contribution in [2.24, 2.45) is 0 Å². The summed E-state index contributed by atoms with van der Waals surface area (Å²) in [6.45, 7) is 0.971. The molecular weight excluding hydrogens is 579 g/mol. The maximum atomic E-state index is 14.1. The average molecular weight is 616 g/mol. The molecule has 0 spiro atoms. The Balaban J connectivity index is 1.73. The van der Waals surface area contributed by atoms with Crippen molar-refractivity contribution in [3.8, 4) is 0 Å². The number of sulfonamides is 1. The van der Waals surface area contributed by atoms with Crippen molar-refractivity contribution in [3.63, 3.8) is 0 Å². The van der Waals surface area contributed by atoms with Gasteiger partial charge in [-0.2, -0.15) is 13.2 Å². The minimum absolute atomic E-state index is 0.0101. The fourth-order valence-corrected chi connectivity index (χ4v) is 6.76. The number of nitrogens with one attached hydrogen (secondary N) is 1. The van der Waals surface area contributed by atoms with Gasteiger partial charge in [-0.05, 0) is 55.2 Å². The molecule has 7 nitrogen and oxygen atoms in total. The minimum Gasteiger partial charge on any atom is -0.352 e. The van der Waals surface area contributed by atoms with E-state index in [1.807, 2.05) is 6.07 Å². The number of halogens is 3. The number of benzene rings is 3. The fraction of sp³-hybridized carbons (Fsp3) is 0.375. The van der Waals surface area contributed by atoms with E-state index in [9.17, 15) is 31.2 Å². The molecule has 1 atom stereocenters. The molecule has 1 N–H and O–H groups in total. The standard InChI is InChI=1S/C32H36F3N3O4S/c1-2-29(31(40)36-26-16-8-4-9-17-26)37(22-24-13-6-3-7-14-24)30(39)23-38(43(41,42)28-19-10-5-11-20-28)27-18-12-15-25(21-27)32(33,34)35/h3,5-7,10-15,18-21,26,29H,2,4,8-9,16-17,22-23H2,1H3,(H,36,40)/t29-/m1/s1. The number of nitrogens with zero attached hydrogens (tertiary/aromatic N) is 2. The summed E-state index contributed by atoms with van der Waals surface area (Å²) in [6.07, 6.45) is 0.303. The van der Waals surface area contributed by atoms with Crippen LogP contribution in [0.5, 0.6) is 0 Å². The third kappa shape index (κ3) is 8.16. The molecule has 0 bridgehead atoms. The largest absolute Gasteiger partial charge is 0.416 e. The number of amides is 2. The summed E-state index contributed by atoms with van der Waals surface area (Å²) in [7, 11) is -4.48. The van der Waals surface area contributed by atoms with Crippen molar-refractivity contribution in [2.75, 3.05) is 10.8 Å². The Morgan fingerprint density at radius 3 is 2.14 bits per heavy atom. The van der Waals surface area contributed by atoms with Gasteiger partial charge >= 0.3 is 6.18 Å². The molecule has 1 aliphatic rings. The summed E-state index contributed by atoms with van der Waals surface area (Å²) >= 11 is 0. The Bertz CT molecular complexity index is 1480. The van der Waals surface area contributed by atoms with E-state index in [1.165, 1.54) is 35.2 Å². The second kappa shape index (κ2) is 14.1. The number of alkyl halides is 3. The Morgan fingerprint density at radius 1 is 0.907 bits per heavy atom. The first-order valence-electron chi connectivity index (χ1n) is 14.4. The van der Waals surface area contributed by atoms with E-state index < -0.39 is 40.3 Å². The molecule has 0 aromatic heterocycles. The van der Waals surface area contributed by atoms with Crippen LogP contribution in [0, 0.1) is 0 Å². The molecule has 43 heavy (non-hydrogen) atoms. The van der Waals surface area contributed by atoms with Crippen LogP contribution < -0.4 is 9.62 Å². The van der Waals surface area contributed by atoms with Gasteiger partial charge in [-0.3, -0.25) is 13.9 Å². The molecule has 230 valence electrons. The first kappa shape index (κ1) is 32.1. The van der Waals surface area contributed by atoms with Crippen molar-refractivity contribution in [3.05, 3.63) is 96.1 Å². The molecule has 1 saturated carbocycles. The van der Waals surface area contributed by atoms with Crippen molar-refractivity contribution >= 4 is 27.5 Å². The number of hydrogen-bond donors (Lipinski definition) is 1. The van der Waals surface area contributed by atoms with Crippen LogP contribution in [0.15, 0.2) is 89.8 Å². The van der Waals surface area contributed by atoms with Crippen molar-refractivity contribution < 1.29 is 31.2 Å². The van der Waals surface area contributed by atoms with Gasteiger partial charge in [0.1, 0.15) is 12.6 Å². The topological polar surface area (TPSA) is 86.8 Å². The maximum absolute atomic E-state index is 14.1. The minimum atomic E-state index is -4.73. The summed E-state index contributed by atoms with van der Waals surface area (Å²) in [5.74, 6) is -1.05. The molecule has 11 heteroatoms. The molecule has 1 fully saturated rings. The lowest BCUT2D eigenvalue weighted by Gasteiger charge is -2.34. The van der Waals surface area contributed by atoms with Gasteiger partial charge in [-0.25, -0.2) is 8.42 Å². The first-order valence-corrected chi connectivity index (χ1v) is 15.8. The summed E-state index contributed by atoms with van der Waals surface area (Å²) < 4.78 is 69.3. The lowest BCUT2D eigenvalue weighted by atomic mass is 9.95. The summed E-state index contributed by atoms with van der Waals surface area (Å²) in [5, 5.41) is 3.07. The van der Waals surface area contributed by atoms with Gasteiger partial charge in [0.15, 0.2) is 0 Å². The van der Waals surface area contributed by atoms with Crippen LogP contribution in [0.2, 0.25) is 0 Å². The van der Waals surface area contributed by atoms with E-state index in [-0.39, 0.29) is 35.5 Å². The quantitative estimate of drug-likeness (QED) is 0.280. The van der Waals surface area contributed by atoms with E-state index in [1.54, 1.807) is 37.3 Å². The van der Waals surface area contributed by atoms with Gasteiger partial charge in [0.05, 0.1) is 16.1 Å². The Hall–Kier alpha value is -3.86. The SMILES string of the molecule is CC[C@H](C(=O)NC1CCCCC1)N(Cc1ccccc1)C(=O)CN(c1cccc(C(F)(F)F)c1)S(=O)(=O)c1ccccc1. The number of anilines is 1. The van der Waals surface area contributed by atoms with E-state index in [4.69, 9.17) is 0 Å². The van der Waals surface area contributed by atoms with E-state index in [0.717, 1.165) is 49.8 Å². The lowest BCUT2D eigenvalue weighted by molar-refractivity contribution is -0.140. The van der Waals surface area contributed by atoms with E-state index in [2.05, 4.69) is 5.32 Å². The van der Waals surface area contributed by atoms with Crippen LogP contribution >= 0.6 is 0 Å². The van der Waals surface area contributed by atoms with Crippen molar-refractivity contribution in [1.82, 2.24) is 10.2 Å². The molecule has 3 aromatic rings. The van der Waals surface area contributed by atoms with E-state index in [0.29, 0.717) is 10.4 Å². The molecule has 1 aliphatic carbocycles. The second-order valence-electron chi connectivity index (χ2n) is 10.6. The number of rotatable bonds is 11. The highest BCUT2D eigenvalue weighted by Gasteiger charge is 2.36. The predicted molar refractivity (Wildman–Crippen MR) is 159 cm³/mol. The van der Waals surface area contributed by atoms with Gasteiger partial charge in [0.25, 0.3) is 10.0 Å². The van der Waals surface area contributed by atoms with Crippen LogP contribution in [0.4, 0.5) is 18.9 Å². The van der Waals surface area contributed by atoms with E-state index >= 15 is 0 Å². The normalized spacial score (nSPS) is 15.0. The van der Waals surface area contributed by atoms with Gasteiger partial charge in [-0.15, -0.1) is 0 Å². The highest BCUT2D eigenvalue weighted by atomic mass is 32.2. The lowest BCUT2D eigenvalue weighted by Crippen LogP contribution is -2.54. The zero-order valence-electron chi connectivity index (χ0n) is 24.0. The van der Waals surface area contributed by atoms with Crippen LogP contribution in [0.1, 0.15) is 56.6 Å². The Morgan fingerprint density at radius 2 is 1.53 bits per heavy atom. The number of carbonyl (C=O) groups excluding carboxylic acids is 2. The molecular formula is C32H36F3N3O4S. The molecule has 0 radical (unpaired) electrons. The second-order valence-corrected chi connectivity index (χ2v) is 12.5. The Kier molecular flexibility index (Phi) is 10.5. The maximum Gasteiger partial charge on any atom is 0.416 e. The third-order valence-corrected chi connectivity index (χ3v) is 9.39. The van der Waals surface area contributed by atoms with Crippen LogP contribution in [0.3, 0.4) is 0 Å². The summed E-state index contributed by atoms with van der Waals surface area (Å²) in [6, 6.07) is 19.1. The Labute approximate surface area is 250 Å². The molecule has 0 saturated heterocycles. The van der Waals surface area contributed by atoms with Gasteiger partial charge in [-0.1, -0.05) is 80.8 Å². The van der Waals surface area contributed by atoms with Crippen molar-refractivity contribution in [1.29, 1.82) is 0 Å². The molecule has 4 rings (SSSR count). The average Bonchev–Trinajstić information content (AvgIpc) is 3.00. The smallest absolute Gasteiger partial charge is 0.352 e. The van der Waals surface area contributed by atoms with Crippen LogP contribution in [-0.2, 0) is 32.3 Å². The zero-order chi connectivity index (χ0) is 31.0. The molecule has 2 amide bonds. The van der Waals surface area contributed by atoms with Gasteiger partial charge in [0, 0.05) is 12.6 Å². The molecule has 0 heterocycles. The van der Waals surface area contributed by atoms with Crippen LogP contribution in [-0.4, -0.2) is 43.8 Å². The molecule has 0 unspecified atom stereocenters. The number of carbonyl (C=O) groups is 2. The first-order chi connectivity index (χ1) is 20.5. The van der Waals surface area contributed by atoms with Crippen molar-refractivity contribution in [2.45, 2.75) is 75.1 Å². The highest BCUT2D eigenvalue weighted by molar-refractivity contribution is 7.92. The zero-order valence-corrected chi connectivity index (χ0v) is 24.8. The summed E-state index contributed by atoms with van der Waals surface area (Å²) in [5.41, 5.74) is -0.646. The third-order valence-electron chi connectivity index (χ3n) is 7.60. The van der Waals surface area contributed by atoms with Gasteiger partial charge < -0.3 is 10.2 Å². The van der Waals surface area contributed by atoms with Gasteiger partial charge in [0.2, 0.25) is 11.8 Å². The predicted octanol–water partition coefficient (Wildman–Crippen LogP) is 6.16. The van der Waals surface area contributed by atoms with Crippen LogP contribution in [0.25, 0.3) is 0 Å². The molecule has 3 aromatic carbocycles. The molecule has 0 aliphatic heterocycles. The summed E-state index contributed by atoms with van der Waals surface area (Å²) in [4.78, 5) is 28.8. The fourth-order valence-electron chi connectivity index (χ4n) is 5.33. The number of hydrogen-bond acceptors (Lipinski definition) is 4. The highest BCUT2D eigenvalue weighted by Crippen LogP contribution is 2.33. The monoisotopic (exact) mass is 615 g/mol.